The Morgan fingerprint density at radius 1 is 1.17 bits per heavy atom. The van der Waals surface area contributed by atoms with E-state index in [1.54, 1.807) is 23.3 Å². The van der Waals surface area contributed by atoms with E-state index in [0.717, 1.165) is 33.6 Å². The Hall–Kier alpha value is -2.73. The number of aryl methyl sites for hydroxylation is 2. The van der Waals surface area contributed by atoms with Crippen LogP contribution in [0.15, 0.2) is 42.5 Å². The first-order valence-corrected chi connectivity index (χ1v) is 10.7. The molecule has 0 bridgehead atoms. The summed E-state index contributed by atoms with van der Waals surface area (Å²) in [6.07, 6.45) is 3.56. The lowest BCUT2D eigenvalue weighted by Crippen LogP contribution is -2.33. The van der Waals surface area contributed by atoms with Crippen LogP contribution in [0.2, 0.25) is 0 Å². The normalized spacial score (nSPS) is 13.9. The first kappa shape index (κ1) is 19.6. The third-order valence-corrected chi connectivity index (χ3v) is 6.72. The third-order valence-electron chi connectivity index (χ3n) is 5.51. The summed E-state index contributed by atoms with van der Waals surface area (Å²) in [5.41, 5.74) is 4.58. The number of hydrogen-bond acceptors (Lipinski definition) is 5. The number of hydrogen-bond donors (Lipinski definition) is 0. The Labute approximate surface area is 174 Å². The number of aromatic nitrogens is 1. The lowest BCUT2D eigenvalue weighted by atomic mass is 10.0. The van der Waals surface area contributed by atoms with Crippen molar-refractivity contribution in [3.05, 3.63) is 64.2 Å². The summed E-state index contributed by atoms with van der Waals surface area (Å²) in [6, 6.07) is 13.9. The number of ether oxygens (including phenoxy) is 1. The SMILES string of the molecule is C[C@H](c1nc2ccccc2s1)N(C)C(=O)COC(=O)Cc1ccc2c(c1)CCC2. The van der Waals surface area contributed by atoms with E-state index in [4.69, 9.17) is 4.74 Å². The fourth-order valence-corrected chi connectivity index (χ4v) is 4.71. The highest BCUT2D eigenvalue weighted by atomic mass is 32.1. The maximum absolute atomic E-state index is 12.5. The first-order chi connectivity index (χ1) is 14.0. The molecule has 0 saturated heterocycles. The Morgan fingerprint density at radius 2 is 1.97 bits per heavy atom. The number of carbonyl (C=O) groups is 2. The van der Waals surface area contributed by atoms with Gasteiger partial charge in [-0.05, 0) is 55.0 Å². The van der Waals surface area contributed by atoms with Gasteiger partial charge in [-0.1, -0.05) is 30.3 Å². The topological polar surface area (TPSA) is 59.5 Å². The van der Waals surface area contributed by atoms with E-state index in [9.17, 15) is 9.59 Å². The predicted octanol–water partition coefficient (Wildman–Crippen LogP) is 4.09. The number of amides is 1. The maximum Gasteiger partial charge on any atom is 0.310 e. The van der Waals surface area contributed by atoms with Crippen molar-refractivity contribution in [2.24, 2.45) is 0 Å². The molecule has 1 aliphatic rings. The second-order valence-corrected chi connectivity index (χ2v) is 8.56. The molecule has 3 aromatic rings. The van der Waals surface area contributed by atoms with Crippen molar-refractivity contribution in [1.82, 2.24) is 9.88 Å². The van der Waals surface area contributed by atoms with E-state index in [2.05, 4.69) is 17.1 Å². The fourth-order valence-electron chi connectivity index (χ4n) is 3.65. The maximum atomic E-state index is 12.5. The summed E-state index contributed by atoms with van der Waals surface area (Å²) in [5, 5.41) is 0.867. The van der Waals surface area contributed by atoms with Crippen LogP contribution in [0.1, 0.15) is 41.1 Å². The van der Waals surface area contributed by atoms with E-state index in [1.165, 1.54) is 17.5 Å². The number of fused-ring (bicyclic) bond motifs is 2. The monoisotopic (exact) mass is 408 g/mol. The highest BCUT2D eigenvalue weighted by Crippen LogP contribution is 2.29. The van der Waals surface area contributed by atoms with Crippen LogP contribution in [0.5, 0.6) is 0 Å². The number of nitrogens with zero attached hydrogens (tertiary/aromatic N) is 2. The van der Waals surface area contributed by atoms with Crippen LogP contribution >= 0.6 is 11.3 Å². The largest absolute Gasteiger partial charge is 0.455 e. The molecule has 6 heteroatoms. The predicted molar refractivity (Wildman–Crippen MR) is 114 cm³/mol. The molecule has 29 heavy (non-hydrogen) atoms. The standard InChI is InChI=1S/C23H24N2O3S/c1-15(23-24-19-8-3-4-9-20(19)29-23)25(2)21(26)14-28-22(27)13-16-10-11-17-6-5-7-18(17)12-16/h3-4,8-12,15H,5-7,13-14H2,1-2H3/t15-/m1/s1. The zero-order valence-corrected chi connectivity index (χ0v) is 17.5. The van der Waals surface area contributed by atoms with Crippen LogP contribution in [-0.2, 0) is 33.6 Å². The molecule has 150 valence electrons. The first-order valence-electron chi connectivity index (χ1n) is 9.88. The van der Waals surface area contributed by atoms with Crippen molar-refractivity contribution < 1.29 is 14.3 Å². The van der Waals surface area contributed by atoms with E-state index < -0.39 is 0 Å². The molecule has 4 rings (SSSR count). The Morgan fingerprint density at radius 3 is 2.79 bits per heavy atom. The Balaban J connectivity index is 1.31. The van der Waals surface area contributed by atoms with Crippen LogP contribution in [0.3, 0.4) is 0 Å². The molecule has 1 heterocycles. The van der Waals surface area contributed by atoms with Crippen molar-refractivity contribution in [2.45, 2.75) is 38.6 Å². The molecule has 1 aromatic heterocycles. The number of thiazole rings is 1. The number of benzene rings is 2. The summed E-state index contributed by atoms with van der Waals surface area (Å²) < 4.78 is 6.34. The molecule has 1 atom stereocenters. The molecule has 1 amide bonds. The highest BCUT2D eigenvalue weighted by molar-refractivity contribution is 7.18. The molecule has 0 saturated carbocycles. The zero-order chi connectivity index (χ0) is 20.4. The van der Waals surface area contributed by atoms with Crippen LogP contribution in [-0.4, -0.2) is 35.4 Å². The number of rotatable bonds is 6. The molecule has 0 aliphatic heterocycles. The minimum Gasteiger partial charge on any atom is -0.455 e. The minimum atomic E-state index is -0.377. The molecule has 5 nitrogen and oxygen atoms in total. The van der Waals surface area contributed by atoms with Gasteiger partial charge in [-0.25, -0.2) is 4.98 Å². The van der Waals surface area contributed by atoms with Gasteiger partial charge in [0.2, 0.25) is 0 Å². The van der Waals surface area contributed by atoms with Gasteiger partial charge in [0, 0.05) is 7.05 Å². The molecule has 2 aromatic carbocycles. The smallest absolute Gasteiger partial charge is 0.310 e. The molecule has 0 radical (unpaired) electrons. The van der Waals surface area contributed by atoms with E-state index in [0.29, 0.717) is 0 Å². The number of carbonyl (C=O) groups excluding carboxylic acids is 2. The van der Waals surface area contributed by atoms with Gasteiger partial charge in [-0.15, -0.1) is 11.3 Å². The molecular formula is C23H24N2O3S. The summed E-state index contributed by atoms with van der Waals surface area (Å²) in [7, 11) is 1.72. The quantitative estimate of drug-likeness (QED) is 0.577. The summed E-state index contributed by atoms with van der Waals surface area (Å²) in [5.74, 6) is -0.614. The average molecular weight is 409 g/mol. The van der Waals surface area contributed by atoms with Crippen molar-refractivity contribution in [3.63, 3.8) is 0 Å². The van der Waals surface area contributed by atoms with Crippen LogP contribution in [0, 0.1) is 0 Å². The third kappa shape index (κ3) is 4.32. The van der Waals surface area contributed by atoms with E-state index >= 15 is 0 Å². The van der Waals surface area contributed by atoms with Gasteiger partial charge in [-0.2, -0.15) is 0 Å². The van der Waals surface area contributed by atoms with Crippen molar-refractivity contribution in [3.8, 4) is 0 Å². The van der Waals surface area contributed by atoms with E-state index in [1.807, 2.05) is 37.3 Å². The summed E-state index contributed by atoms with van der Waals surface area (Å²) >= 11 is 1.57. The average Bonchev–Trinajstić information content (AvgIpc) is 3.37. The molecular weight excluding hydrogens is 384 g/mol. The number of esters is 1. The van der Waals surface area contributed by atoms with Crippen molar-refractivity contribution >= 4 is 33.4 Å². The van der Waals surface area contributed by atoms with Crippen LogP contribution in [0.4, 0.5) is 0 Å². The van der Waals surface area contributed by atoms with Crippen LogP contribution in [0.25, 0.3) is 10.2 Å². The van der Waals surface area contributed by atoms with Gasteiger partial charge in [0.05, 0.1) is 22.7 Å². The zero-order valence-electron chi connectivity index (χ0n) is 16.7. The fraction of sp³-hybridized carbons (Fsp3) is 0.348. The Kier molecular flexibility index (Phi) is 5.62. The van der Waals surface area contributed by atoms with Crippen LogP contribution < -0.4 is 0 Å². The lowest BCUT2D eigenvalue weighted by molar-refractivity contribution is -0.151. The number of likely N-dealkylation sites (N-methyl/N-ethyl adjacent to an activating group) is 1. The van der Waals surface area contributed by atoms with Crippen molar-refractivity contribution in [2.75, 3.05) is 13.7 Å². The summed E-state index contributed by atoms with van der Waals surface area (Å²) in [4.78, 5) is 30.9. The Bertz CT molecular complexity index is 1030. The van der Waals surface area contributed by atoms with Gasteiger partial charge in [0.15, 0.2) is 6.61 Å². The van der Waals surface area contributed by atoms with Gasteiger partial charge in [-0.3, -0.25) is 9.59 Å². The second kappa shape index (κ2) is 8.33. The van der Waals surface area contributed by atoms with Crippen molar-refractivity contribution in [1.29, 1.82) is 0 Å². The molecule has 0 N–H and O–H groups in total. The molecule has 0 fully saturated rings. The van der Waals surface area contributed by atoms with Gasteiger partial charge in [0.1, 0.15) is 5.01 Å². The highest BCUT2D eigenvalue weighted by Gasteiger charge is 2.22. The molecule has 1 aliphatic carbocycles. The molecule has 0 unspecified atom stereocenters. The van der Waals surface area contributed by atoms with Gasteiger partial charge in [0.25, 0.3) is 5.91 Å². The minimum absolute atomic E-state index is 0.185. The van der Waals surface area contributed by atoms with Gasteiger partial charge < -0.3 is 9.64 Å². The molecule has 0 spiro atoms. The van der Waals surface area contributed by atoms with E-state index in [-0.39, 0.29) is 30.9 Å². The summed E-state index contributed by atoms with van der Waals surface area (Å²) in [6.45, 7) is 1.68. The second-order valence-electron chi connectivity index (χ2n) is 7.49. The van der Waals surface area contributed by atoms with Gasteiger partial charge >= 0.3 is 5.97 Å². The number of para-hydroxylation sites is 1. The lowest BCUT2D eigenvalue weighted by Gasteiger charge is -2.23.